The molecule has 1 aromatic carbocycles. The first-order valence-electron chi connectivity index (χ1n) is 5.51. The zero-order valence-corrected chi connectivity index (χ0v) is 12.8. The Hall–Kier alpha value is -0.810. The van der Waals surface area contributed by atoms with E-state index in [-0.39, 0.29) is 5.28 Å². The van der Waals surface area contributed by atoms with Crippen LogP contribution in [0.5, 0.6) is 0 Å². The number of rotatable bonds is 3. The first-order valence-corrected chi connectivity index (χ1v) is 8.13. The molecule has 0 aliphatic carbocycles. The molecule has 2 nitrogen and oxygen atoms in total. The van der Waals surface area contributed by atoms with Crippen molar-refractivity contribution in [1.29, 1.82) is 0 Å². The lowest BCUT2D eigenvalue weighted by Crippen LogP contribution is -1.88. The largest absolute Gasteiger partial charge is 0.224 e. The minimum Gasteiger partial charge on any atom is -0.211 e. The zero-order chi connectivity index (χ0) is 13.2. The van der Waals surface area contributed by atoms with Crippen molar-refractivity contribution < 1.29 is 0 Å². The third-order valence-electron chi connectivity index (χ3n) is 2.59. The Morgan fingerprint density at radius 1 is 1.11 bits per heavy atom. The fraction of sp³-hybridized carbons (Fsp3) is 0.0769. The second kappa shape index (κ2) is 5.67. The van der Waals surface area contributed by atoms with Crippen LogP contribution < -0.4 is 0 Å². The summed E-state index contributed by atoms with van der Waals surface area (Å²) in [5, 5.41) is 5.01. The Kier molecular flexibility index (Phi) is 3.93. The minimum atomic E-state index is 0.289. The Labute approximate surface area is 128 Å². The van der Waals surface area contributed by atoms with E-state index in [4.69, 9.17) is 23.2 Å². The summed E-state index contributed by atoms with van der Waals surface area (Å²) in [6.07, 6.45) is 0. The maximum atomic E-state index is 6.15. The van der Waals surface area contributed by atoms with Crippen molar-refractivity contribution in [2.24, 2.45) is 0 Å². The molecule has 0 aliphatic rings. The summed E-state index contributed by atoms with van der Waals surface area (Å²) in [5.74, 6) is 0.762. The molecule has 0 aliphatic heterocycles. The monoisotopic (exact) mass is 326 g/mol. The second-order valence-electron chi connectivity index (χ2n) is 3.82. The Morgan fingerprint density at radius 2 is 1.95 bits per heavy atom. The van der Waals surface area contributed by atoms with Gasteiger partial charge in [0.25, 0.3) is 0 Å². The van der Waals surface area contributed by atoms with E-state index < -0.39 is 0 Å². The summed E-state index contributed by atoms with van der Waals surface area (Å²) in [5.41, 5.74) is 1.09. The van der Waals surface area contributed by atoms with Gasteiger partial charge in [-0.1, -0.05) is 29.8 Å². The van der Waals surface area contributed by atoms with Crippen molar-refractivity contribution in [1.82, 2.24) is 9.97 Å². The molecule has 0 atom stereocenters. The number of benzene rings is 1. The highest BCUT2D eigenvalue weighted by Gasteiger charge is 2.09. The lowest BCUT2D eigenvalue weighted by atomic mass is 10.2. The van der Waals surface area contributed by atoms with Gasteiger partial charge in [0.05, 0.1) is 0 Å². The Bertz CT molecular complexity index is 727. The summed E-state index contributed by atoms with van der Waals surface area (Å²) in [7, 11) is 0. The molecule has 0 saturated heterocycles. The lowest BCUT2D eigenvalue weighted by molar-refractivity contribution is 1.11. The van der Waals surface area contributed by atoms with Crippen LogP contribution in [0, 0.1) is 0 Å². The summed E-state index contributed by atoms with van der Waals surface area (Å²) in [6.45, 7) is 0. The Balaban J connectivity index is 1.90. The molecule has 6 heteroatoms. The van der Waals surface area contributed by atoms with E-state index in [9.17, 15) is 0 Å². The number of nitrogens with zero attached hydrogens (tertiary/aromatic N) is 2. The van der Waals surface area contributed by atoms with Gasteiger partial charge in [-0.15, -0.1) is 23.1 Å². The van der Waals surface area contributed by atoms with Crippen molar-refractivity contribution in [3.63, 3.8) is 0 Å². The summed E-state index contributed by atoms with van der Waals surface area (Å²) in [4.78, 5) is 9.42. The highest BCUT2D eigenvalue weighted by Crippen LogP contribution is 2.32. The average Bonchev–Trinajstić information content (AvgIpc) is 2.85. The van der Waals surface area contributed by atoms with Crippen LogP contribution in [0.4, 0.5) is 0 Å². The third kappa shape index (κ3) is 2.87. The molecule has 19 heavy (non-hydrogen) atoms. The molecule has 0 bridgehead atoms. The molecule has 0 unspecified atom stereocenters. The molecule has 2 heterocycles. The van der Waals surface area contributed by atoms with Gasteiger partial charge in [-0.05, 0) is 34.7 Å². The third-order valence-corrected chi connectivity index (χ3v) is 4.97. The minimum absolute atomic E-state index is 0.289. The van der Waals surface area contributed by atoms with E-state index in [1.165, 1.54) is 0 Å². The number of halogens is 2. The summed E-state index contributed by atoms with van der Waals surface area (Å²) in [6, 6.07) is 9.84. The molecule has 0 spiro atoms. The SMILES string of the molecule is Clc1nc(SCc2ccccc2Cl)c2ccsc2n1. The molecule has 0 amide bonds. The Morgan fingerprint density at radius 3 is 2.79 bits per heavy atom. The van der Waals surface area contributed by atoms with Crippen LogP contribution in [0.25, 0.3) is 10.2 Å². The van der Waals surface area contributed by atoms with E-state index in [1.807, 2.05) is 35.7 Å². The lowest BCUT2D eigenvalue weighted by Gasteiger charge is -2.05. The first-order chi connectivity index (χ1) is 9.24. The fourth-order valence-corrected chi connectivity index (χ4v) is 4.07. The molecular formula is C13H8Cl2N2S2. The van der Waals surface area contributed by atoms with E-state index in [1.54, 1.807) is 23.1 Å². The standard InChI is InChI=1S/C13H8Cl2N2S2/c14-10-4-2-1-3-8(10)7-19-12-9-5-6-18-11(9)16-13(15)17-12/h1-6H,7H2. The smallest absolute Gasteiger partial charge is 0.211 e. The number of hydrogen-bond donors (Lipinski definition) is 0. The van der Waals surface area contributed by atoms with Crippen molar-refractivity contribution in [2.75, 3.05) is 0 Å². The van der Waals surface area contributed by atoms with Gasteiger partial charge in [-0.25, -0.2) is 9.97 Å². The van der Waals surface area contributed by atoms with Gasteiger partial charge in [0.15, 0.2) is 0 Å². The van der Waals surface area contributed by atoms with Crippen molar-refractivity contribution in [3.05, 3.63) is 51.6 Å². The predicted molar refractivity (Wildman–Crippen MR) is 83.4 cm³/mol. The van der Waals surface area contributed by atoms with Crippen LogP contribution in [0.15, 0.2) is 40.7 Å². The molecule has 0 radical (unpaired) electrons. The number of aromatic nitrogens is 2. The topological polar surface area (TPSA) is 25.8 Å². The highest BCUT2D eigenvalue weighted by molar-refractivity contribution is 7.98. The van der Waals surface area contributed by atoms with Gasteiger partial charge >= 0.3 is 0 Å². The van der Waals surface area contributed by atoms with Crippen molar-refractivity contribution >= 4 is 56.5 Å². The maximum absolute atomic E-state index is 6.15. The average molecular weight is 327 g/mol. The van der Waals surface area contributed by atoms with Crippen LogP contribution in [-0.2, 0) is 5.75 Å². The van der Waals surface area contributed by atoms with Crippen LogP contribution in [0.1, 0.15) is 5.56 Å². The number of thiophene rings is 1. The van der Waals surface area contributed by atoms with E-state index in [0.717, 1.165) is 31.6 Å². The van der Waals surface area contributed by atoms with Gasteiger partial charge in [0.2, 0.25) is 5.28 Å². The number of fused-ring (bicyclic) bond motifs is 1. The molecule has 3 rings (SSSR count). The highest BCUT2D eigenvalue weighted by atomic mass is 35.5. The molecule has 0 fully saturated rings. The second-order valence-corrected chi connectivity index (χ2v) is 6.42. The maximum Gasteiger partial charge on any atom is 0.224 e. The molecule has 96 valence electrons. The fourth-order valence-electron chi connectivity index (χ4n) is 1.68. The molecule has 0 saturated carbocycles. The quantitative estimate of drug-likeness (QED) is 0.371. The van der Waals surface area contributed by atoms with Crippen molar-refractivity contribution in [2.45, 2.75) is 10.8 Å². The molecule has 3 aromatic rings. The zero-order valence-electron chi connectivity index (χ0n) is 9.64. The van der Waals surface area contributed by atoms with Crippen LogP contribution in [0.3, 0.4) is 0 Å². The first kappa shape index (κ1) is 13.2. The van der Waals surface area contributed by atoms with Gasteiger partial charge in [-0.3, -0.25) is 0 Å². The van der Waals surface area contributed by atoms with E-state index in [2.05, 4.69) is 9.97 Å². The molecule has 2 aromatic heterocycles. The van der Waals surface area contributed by atoms with Gasteiger partial charge in [-0.2, -0.15) is 0 Å². The van der Waals surface area contributed by atoms with Crippen LogP contribution >= 0.6 is 46.3 Å². The summed E-state index contributed by atoms with van der Waals surface area (Å²) < 4.78 is 0. The van der Waals surface area contributed by atoms with Gasteiger partial charge in [0, 0.05) is 16.2 Å². The predicted octanol–water partition coefficient (Wildman–Crippen LogP) is 5.29. The van der Waals surface area contributed by atoms with E-state index in [0.29, 0.717) is 0 Å². The van der Waals surface area contributed by atoms with Gasteiger partial charge < -0.3 is 0 Å². The molecular weight excluding hydrogens is 319 g/mol. The number of hydrogen-bond acceptors (Lipinski definition) is 4. The normalized spacial score (nSPS) is 11.1. The van der Waals surface area contributed by atoms with Crippen molar-refractivity contribution in [3.8, 4) is 0 Å². The summed E-state index contributed by atoms with van der Waals surface area (Å²) >= 11 is 15.3. The van der Waals surface area contributed by atoms with Crippen LogP contribution in [0.2, 0.25) is 10.3 Å². The van der Waals surface area contributed by atoms with Crippen LogP contribution in [-0.4, -0.2) is 9.97 Å². The number of thioether (sulfide) groups is 1. The van der Waals surface area contributed by atoms with Gasteiger partial charge in [0.1, 0.15) is 9.86 Å². The van der Waals surface area contributed by atoms with E-state index >= 15 is 0 Å². The molecule has 0 N–H and O–H groups in total.